The highest BCUT2D eigenvalue weighted by Gasteiger charge is 2.23. The van der Waals surface area contributed by atoms with Gasteiger partial charge in [0, 0.05) is 11.6 Å². The van der Waals surface area contributed by atoms with Crippen molar-refractivity contribution in [3.63, 3.8) is 0 Å². The van der Waals surface area contributed by atoms with Gasteiger partial charge in [-0.2, -0.15) is 0 Å². The van der Waals surface area contributed by atoms with Gasteiger partial charge in [-0.1, -0.05) is 12.8 Å². The summed E-state index contributed by atoms with van der Waals surface area (Å²) < 4.78 is 6.11. The minimum absolute atomic E-state index is 0.434. The Labute approximate surface area is 93.2 Å². The summed E-state index contributed by atoms with van der Waals surface area (Å²) in [5, 5.41) is 3.34. The summed E-state index contributed by atoms with van der Waals surface area (Å²) in [5.41, 5.74) is 1.24. The largest absolute Gasteiger partial charge is 0.457 e. The molecule has 2 nitrogen and oxygen atoms in total. The molecule has 1 aromatic rings. The molecule has 0 bridgehead atoms. The molecule has 0 amide bonds. The average molecular weight is 258 g/mol. The average Bonchev–Trinajstić information content (AvgIpc) is 2.92. The monoisotopic (exact) mass is 257 g/mol. The van der Waals surface area contributed by atoms with Crippen molar-refractivity contribution in [2.24, 2.45) is 5.92 Å². The molecule has 2 rings (SSSR count). The maximum atomic E-state index is 5.25. The molecule has 0 saturated heterocycles. The normalized spacial score (nSPS) is 18.4. The molecule has 1 heterocycles. The number of hydrogen-bond donors (Lipinski definition) is 1. The molecule has 1 unspecified atom stereocenters. The van der Waals surface area contributed by atoms with E-state index in [0.29, 0.717) is 6.04 Å². The van der Waals surface area contributed by atoms with Gasteiger partial charge in [0.25, 0.3) is 0 Å². The van der Waals surface area contributed by atoms with E-state index in [-0.39, 0.29) is 0 Å². The molecule has 0 aromatic carbocycles. The zero-order chi connectivity index (χ0) is 9.97. The molecule has 1 saturated carbocycles. The fourth-order valence-electron chi connectivity index (χ4n) is 1.82. The van der Waals surface area contributed by atoms with E-state index in [1.165, 1.54) is 31.2 Å². The van der Waals surface area contributed by atoms with Crippen LogP contribution in [0.5, 0.6) is 0 Å². The third kappa shape index (κ3) is 2.39. The summed E-state index contributed by atoms with van der Waals surface area (Å²) in [6, 6.07) is 2.47. The van der Waals surface area contributed by atoms with Crippen LogP contribution in [-0.2, 0) is 0 Å². The van der Waals surface area contributed by atoms with Crippen molar-refractivity contribution >= 4 is 15.9 Å². The molecule has 1 aliphatic rings. The second-order valence-electron chi connectivity index (χ2n) is 4.01. The highest BCUT2D eigenvalue weighted by molar-refractivity contribution is 9.10. The van der Waals surface area contributed by atoms with Gasteiger partial charge in [-0.05, 0) is 47.8 Å². The van der Waals surface area contributed by atoms with Crippen LogP contribution in [0, 0.1) is 5.92 Å². The van der Waals surface area contributed by atoms with E-state index in [4.69, 9.17) is 4.42 Å². The van der Waals surface area contributed by atoms with Gasteiger partial charge in [-0.3, -0.25) is 0 Å². The van der Waals surface area contributed by atoms with Gasteiger partial charge >= 0.3 is 0 Å². The zero-order valence-electron chi connectivity index (χ0n) is 8.42. The molecule has 0 spiro atoms. The van der Waals surface area contributed by atoms with Crippen molar-refractivity contribution in [2.45, 2.75) is 31.7 Å². The Kier molecular flexibility index (Phi) is 3.29. The Morgan fingerprint density at radius 3 is 2.93 bits per heavy atom. The summed E-state index contributed by atoms with van der Waals surface area (Å²) in [7, 11) is 2.01. The van der Waals surface area contributed by atoms with E-state index in [1.807, 2.05) is 13.1 Å². The van der Waals surface area contributed by atoms with Crippen LogP contribution in [-0.4, -0.2) is 7.05 Å². The first-order chi connectivity index (χ1) is 6.81. The summed E-state index contributed by atoms with van der Waals surface area (Å²) in [6.07, 6.45) is 7.15. The fraction of sp³-hybridized carbons (Fsp3) is 0.636. The summed E-state index contributed by atoms with van der Waals surface area (Å²) in [5.74, 6) is 0.997. The third-order valence-corrected chi connectivity index (χ3v) is 3.58. The second kappa shape index (κ2) is 4.49. The predicted molar refractivity (Wildman–Crippen MR) is 60.2 cm³/mol. The first-order valence-corrected chi connectivity index (χ1v) is 6.00. The van der Waals surface area contributed by atoms with E-state index in [0.717, 1.165) is 10.6 Å². The highest BCUT2D eigenvalue weighted by Crippen LogP contribution is 2.37. The van der Waals surface area contributed by atoms with Crippen LogP contribution in [0.25, 0.3) is 0 Å². The van der Waals surface area contributed by atoms with Crippen LogP contribution in [0.1, 0.15) is 37.3 Å². The highest BCUT2D eigenvalue weighted by atomic mass is 79.9. The van der Waals surface area contributed by atoms with Crippen molar-refractivity contribution in [3.05, 3.63) is 22.6 Å². The number of halogens is 1. The number of nitrogens with one attached hydrogen (secondary N) is 1. The molecule has 78 valence electrons. The van der Waals surface area contributed by atoms with Crippen molar-refractivity contribution < 1.29 is 4.42 Å². The first kappa shape index (κ1) is 10.2. The lowest BCUT2D eigenvalue weighted by atomic mass is 10.0. The maximum absolute atomic E-state index is 5.25. The Hall–Kier alpha value is -0.280. The Morgan fingerprint density at radius 1 is 1.64 bits per heavy atom. The molecule has 1 N–H and O–H groups in total. The molecule has 0 radical (unpaired) electrons. The minimum atomic E-state index is 0.434. The Balaban J connectivity index is 1.93. The predicted octanol–water partition coefficient (Wildman–Crippen LogP) is 3.49. The first-order valence-electron chi connectivity index (χ1n) is 5.21. The van der Waals surface area contributed by atoms with Gasteiger partial charge in [0.05, 0.1) is 6.26 Å². The number of hydrogen-bond acceptors (Lipinski definition) is 2. The molecule has 0 aliphatic heterocycles. The molecule has 1 fully saturated rings. The molecule has 3 heteroatoms. The molecule has 1 atom stereocenters. The van der Waals surface area contributed by atoms with E-state index in [1.54, 1.807) is 6.26 Å². The van der Waals surface area contributed by atoms with Crippen LogP contribution >= 0.6 is 15.9 Å². The topological polar surface area (TPSA) is 25.2 Å². The lowest BCUT2D eigenvalue weighted by Gasteiger charge is -2.14. The molecule has 1 aliphatic carbocycles. The Morgan fingerprint density at radius 2 is 2.43 bits per heavy atom. The third-order valence-electron chi connectivity index (χ3n) is 2.93. The molecule has 14 heavy (non-hydrogen) atoms. The van der Waals surface area contributed by atoms with Crippen LogP contribution in [0.15, 0.2) is 21.4 Å². The van der Waals surface area contributed by atoms with Crippen LogP contribution in [0.4, 0.5) is 0 Å². The standard InChI is InChI=1S/C11H16BrNO/c1-13-10(5-4-8-2-3-8)9-6-7-14-11(9)12/h6-8,10,13H,2-5H2,1H3. The summed E-state index contributed by atoms with van der Waals surface area (Å²) in [4.78, 5) is 0. The summed E-state index contributed by atoms with van der Waals surface area (Å²) >= 11 is 3.42. The smallest absolute Gasteiger partial charge is 0.173 e. The van der Waals surface area contributed by atoms with Gasteiger partial charge in [0.15, 0.2) is 4.67 Å². The van der Waals surface area contributed by atoms with Crippen LogP contribution in [0.2, 0.25) is 0 Å². The lowest BCUT2D eigenvalue weighted by molar-refractivity contribution is 0.484. The van der Waals surface area contributed by atoms with Crippen molar-refractivity contribution in [1.82, 2.24) is 5.32 Å². The van der Waals surface area contributed by atoms with Gasteiger partial charge in [0.2, 0.25) is 0 Å². The number of rotatable bonds is 5. The van der Waals surface area contributed by atoms with E-state index in [9.17, 15) is 0 Å². The molecule has 1 aromatic heterocycles. The second-order valence-corrected chi connectivity index (χ2v) is 4.73. The van der Waals surface area contributed by atoms with Crippen molar-refractivity contribution in [2.75, 3.05) is 7.05 Å². The quantitative estimate of drug-likeness (QED) is 0.874. The van der Waals surface area contributed by atoms with Gasteiger partial charge < -0.3 is 9.73 Å². The lowest BCUT2D eigenvalue weighted by Crippen LogP contribution is -2.16. The minimum Gasteiger partial charge on any atom is -0.457 e. The summed E-state index contributed by atoms with van der Waals surface area (Å²) in [6.45, 7) is 0. The Bertz CT molecular complexity index is 293. The van der Waals surface area contributed by atoms with Crippen molar-refractivity contribution in [1.29, 1.82) is 0 Å². The van der Waals surface area contributed by atoms with E-state index >= 15 is 0 Å². The molecular formula is C11H16BrNO. The number of furan rings is 1. The SMILES string of the molecule is CNC(CCC1CC1)c1ccoc1Br. The van der Waals surface area contributed by atoms with E-state index in [2.05, 4.69) is 21.2 Å². The molecular weight excluding hydrogens is 242 g/mol. The van der Waals surface area contributed by atoms with Crippen LogP contribution in [0.3, 0.4) is 0 Å². The zero-order valence-corrected chi connectivity index (χ0v) is 10.0. The van der Waals surface area contributed by atoms with E-state index < -0.39 is 0 Å². The fourth-order valence-corrected chi connectivity index (χ4v) is 2.33. The maximum Gasteiger partial charge on any atom is 0.173 e. The van der Waals surface area contributed by atoms with Gasteiger partial charge in [0.1, 0.15) is 0 Å². The van der Waals surface area contributed by atoms with Gasteiger partial charge in [-0.25, -0.2) is 0 Å². The van der Waals surface area contributed by atoms with Crippen molar-refractivity contribution in [3.8, 4) is 0 Å². The van der Waals surface area contributed by atoms with Crippen LogP contribution < -0.4 is 5.32 Å². The van der Waals surface area contributed by atoms with Gasteiger partial charge in [-0.15, -0.1) is 0 Å².